The molecule has 2 aromatic rings. The standard InChI is InChI=1S/C16H19NO/c1-4-11(2)16-12(3)17-14(10-15(16)18)13-8-6-5-7-9-13/h5-11H,4H2,1-3H3,(H,17,18). The highest BCUT2D eigenvalue weighted by Crippen LogP contribution is 2.21. The van der Waals surface area contributed by atoms with Gasteiger partial charge in [0.2, 0.25) is 0 Å². The number of aryl methyl sites for hydroxylation is 1. The van der Waals surface area contributed by atoms with Crippen LogP contribution in [-0.4, -0.2) is 4.98 Å². The Hall–Kier alpha value is -1.83. The second kappa shape index (κ2) is 5.21. The number of aromatic amines is 1. The minimum absolute atomic E-state index is 0.138. The van der Waals surface area contributed by atoms with Gasteiger partial charge in [0.25, 0.3) is 0 Å². The van der Waals surface area contributed by atoms with Gasteiger partial charge in [0.05, 0.1) is 0 Å². The summed E-state index contributed by atoms with van der Waals surface area (Å²) in [5, 5.41) is 0. The first-order valence-corrected chi connectivity index (χ1v) is 6.42. The molecule has 0 aliphatic heterocycles. The fourth-order valence-corrected chi connectivity index (χ4v) is 2.29. The topological polar surface area (TPSA) is 32.9 Å². The Morgan fingerprint density at radius 2 is 1.89 bits per heavy atom. The van der Waals surface area contributed by atoms with Crippen LogP contribution in [0, 0.1) is 6.92 Å². The lowest BCUT2D eigenvalue weighted by molar-refractivity contribution is 0.716. The van der Waals surface area contributed by atoms with Crippen molar-refractivity contribution in [3.05, 3.63) is 57.9 Å². The summed E-state index contributed by atoms with van der Waals surface area (Å²) in [4.78, 5) is 15.6. The largest absolute Gasteiger partial charge is 0.358 e. The van der Waals surface area contributed by atoms with Crippen LogP contribution in [0.3, 0.4) is 0 Å². The molecule has 1 heterocycles. The highest BCUT2D eigenvalue weighted by molar-refractivity contribution is 5.59. The Balaban J connectivity index is 2.53. The van der Waals surface area contributed by atoms with Gasteiger partial charge in [-0.15, -0.1) is 0 Å². The number of nitrogens with one attached hydrogen (secondary N) is 1. The Labute approximate surface area is 108 Å². The maximum atomic E-state index is 12.2. The lowest BCUT2D eigenvalue weighted by Gasteiger charge is -2.13. The monoisotopic (exact) mass is 241 g/mol. The van der Waals surface area contributed by atoms with Crippen molar-refractivity contribution < 1.29 is 0 Å². The Bertz CT molecular complexity index is 584. The van der Waals surface area contributed by atoms with Crippen LogP contribution in [0.5, 0.6) is 0 Å². The summed E-state index contributed by atoms with van der Waals surface area (Å²) in [6.45, 7) is 6.18. The van der Waals surface area contributed by atoms with Crippen LogP contribution < -0.4 is 5.43 Å². The second-order valence-electron chi connectivity index (χ2n) is 4.76. The van der Waals surface area contributed by atoms with E-state index in [2.05, 4.69) is 18.8 Å². The molecule has 1 unspecified atom stereocenters. The molecule has 0 saturated carbocycles. The van der Waals surface area contributed by atoms with Crippen LogP contribution in [0.2, 0.25) is 0 Å². The van der Waals surface area contributed by atoms with Crippen LogP contribution >= 0.6 is 0 Å². The van der Waals surface area contributed by atoms with Crippen molar-refractivity contribution in [2.45, 2.75) is 33.1 Å². The zero-order valence-electron chi connectivity index (χ0n) is 11.2. The molecule has 94 valence electrons. The molecule has 0 bridgehead atoms. The Kier molecular flexibility index (Phi) is 3.66. The average Bonchev–Trinajstić information content (AvgIpc) is 2.38. The van der Waals surface area contributed by atoms with Gasteiger partial charge in [-0.1, -0.05) is 44.2 Å². The fourth-order valence-electron chi connectivity index (χ4n) is 2.29. The normalized spacial score (nSPS) is 12.4. The van der Waals surface area contributed by atoms with Crippen molar-refractivity contribution in [2.75, 3.05) is 0 Å². The first kappa shape index (κ1) is 12.6. The molecule has 2 nitrogen and oxygen atoms in total. The second-order valence-corrected chi connectivity index (χ2v) is 4.76. The third-order valence-corrected chi connectivity index (χ3v) is 3.46. The maximum absolute atomic E-state index is 12.2. The van der Waals surface area contributed by atoms with Crippen LogP contribution in [0.25, 0.3) is 11.3 Å². The lowest BCUT2D eigenvalue weighted by atomic mass is 9.96. The number of rotatable bonds is 3. The van der Waals surface area contributed by atoms with Gasteiger partial charge in [-0.2, -0.15) is 0 Å². The van der Waals surface area contributed by atoms with Gasteiger partial charge in [0.15, 0.2) is 5.43 Å². The first-order valence-electron chi connectivity index (χ1n) is 6.42. The summed E-state index contributed by atoms with van der Waals surface area (Å²) >= 11 is 0. The lowest BCUT2D eigenvalue weighted by Crippen LogP contribution is -2.14. The van der Waals surface area contributed by atoms with E-state index in [4.69, 9.17) is 0 Å². The third-order valence-electron chi connectivity index (χ3n) is 3.46. The molecule has 1 aromatic heterocycles. The molecule has 1 N–H and O–H groups in total. The quantitative estimate of drug-likeness (QED) is 0.869. The predicted molar refractivity (Wildman–Crippen MR) is 75.9 cm³/mol. The van der Waals surface area contributed by atoms with Gasteiger partial charge in [-0.05, 0) is 24.8 Å². The number of hydrogen-bond acceptors (Lipinski definition) is 1. The van der Waals surface area contributed by atoms with E-state index in [0.717, 1.165) is 28.9 Å². The number of benzene rings is 1. The number of aromatic nitrogens is 1. The van der Waals surface area contributed by atoms with Crippen molar-refractivity contribution in [3.8, 4) is 11.3 Å². The zero-order valence-corrected chi connectivity index (χ0v) is 11.2. The first-order chi connectivity index (χ1) is 8.63. The molecule has 0 radical (unpaired) electrons. The maximum Gasteiger partial charge on any atom is 0.185 e. The van der Waals surface area contributed by atoms with Crippen molar-refractivity contribution in [1.82, 2.24) is 4.98 Å². The average molecular weight is 241 g/mol. The molecule has 0 saturated heterocycles. The highest BCUT2D eigenvalue weighted by atomic mass is 16.1. The van der Waals surface area contributed by atoms with Crippen LogP contribution in [-0.2, 0) is 0 Å². The number of pyridine rings is 1. The Morgan fingerprint density at radius 3 is 2.44 bits per heavy atom. The van der Waals surface area contributed by atoms with Crippen molar-refractivity contribution >= 4 is 0 Å². The number of H-pyrrole nitrogens is 1. The van der Waals surface area contributed by atoms with Crippen molar-refractivity contribution in [3.63, 3.8) is 0 Å². The SMILES string of the molecule is CCC(C)c1c(C)[nH]c(-c2ccccc2)cc1=O. The molecule has 18 heavy (non-hydrogen) atoms. The van der Waals surface area contributed by atoms with Gasteiger partial charge in [-0.3, -0.25) is 4.79 Å². The van der Waals surface area contributed by atoms with Crippen LogP contribution in [0.1, 0.15) is 37.4 Å². The number of hydrogen-bond donors (Lipinski definition) is 1. The minimum Gasteiger partial charge on any atom is -0.358 e. The molecular formula is C16H19NO. The van der Waals surface area contributed by atoms with E-state index in [1.165, 1.54) is 0 Å². The van der Waals surface area contributed by atoms with Gasteiger partial charge in [-0.25, -0.2) is 0 Å². The molecule has 1 aromatic carbocycles. The van der Waals surface area contributed by atoms with Crippen molar-refractivity contribution in [1.29, 1.82) is 0 Å². The summed E-state index contributed by atoms with van der Waals surface area (Å²) in [7, 11) is 0. The Morgan fingerprint density at radius 1 is 1.22 bits per heavy atom. The molecular weight excluding hydrogens is 222 g/mol. The minimum atomic E-state index is 0.138. The molecule has 0 amide bonds. The molecule has 0 aliphatic carbocycles. The van der Waals surface area contributed by atoms with Gasteiger partial charge in [0.1, 0.15) is 0 Å². The van der Waals surface area contributed by atoms with E-state index >= 15 is 0 Å². The predicted octanol–water partition coefficient (Wildman–Crippen LogP) is 3.86. The highest BCUT2D eigenvalue weighted by Gasteiger charge is 2.12. The molecule has 0 fully saturated rings. The van der Waals surface area contributed by atoms with E-state index in [0.29, 0.717) is 5.92 Å². The molecule has 2 heteroatoms. The molecule has 0 aliphatic rings. The van der Waals surface area contributed by atoms with E-state index in [1.807, 2.05) is 37.3 Å². The summed E-state index contributed by atoms with van der Waals surface area (Å²) < 4.78 is 0. The zero-order chi connectivity index (χ0) is 13.1. The van der Waals surface area contributed by atoms with E-state index in [-0.39, 0.29) is 5.43 Å². The van der Waals surface area contributed by atoms with E-state index in [1.54, 1.807) is 6.07 Å². The van der Waals surface area contributed by atoms with Gasteiger partial charge < -0.3 is 4.98 Å². The van der Waals surface area contributed by atoms with Gasteiger partial charge >= 0.3 is 0 Å². The summed E-state index contributed by atoms with van der Waals surface area (Å²) in [5.74, 6) is 0.304. The van der Waals surface area contributed by atoms with E-state index in [9.17, 15) is 4.79 Å². The molecule has 0 spiro atoms. The summed E-state index contributed by atoms with van der Waals surface area (Å²) in [5.41, 5.74) is 3.98. The molecule has 2 rings (SSSR count). The smallest absolute Gasteiger partial charge is 0.185 e. The van der Waals surface area contributed by atoms with E-state index < -0.39 is 0 Å². The summed E-state index contributed by atoms with van der Waals surface area (Å²) in [6.07, 6.45) is 0.981. The summed E-state index contributed by atoms with van der Waals surface area (Å²) in [6, 6.07) is 11.7. The molecule has 1 atom stereocenters. The van der Waals surface area contributed by atoms with Gasteiger partial charge in [0, 0.05) is 23.0 Å². The third kappa shape index (κ3) is 2.37. The van der Waals surface area contributed by atoms with Crippen molar-refractivity contribution in [2.24, 2.45) is 0 Å². The fraction of sp³-hybridized carbons (Fsp3) is 0.312. The van der Waals surface area contributed by atoms with Crippen LogP contribution in [0.15, 0.2) is 41.2 Å². The van der Waals surface area contributed by atoms with Crippen LogP contribution in [0.4, 0.5) is 0 Å².